The minimum absolute atomic E-state index is 0.123. The molecule has 0 amide bonds. The summed E-state index contributed by atoms with van der Waals surface area (Å²) in [6.45, 7) is 7.23. The second kappa shape index (κ2) is 6.27. The van der Waals surface area contributed by atoms with Crippen molar-refractivity contribution < 1.29 is 5.11 Å². The molecule has 116 valence electrons. The maximum absolute atomic E-state index is 9.63. The summed E-state index contributed by atoms with van der Waals surface area (Å²) in [4.78, 5) is 2.47. The molecule has 1 aliphatic heterocycles. The average molecular weight is 312 g/mol. The molecular formula is C19H25NOSi. The Bertz CT molecular complexity index is 630. The fourth-order valence-electron chi connectivity index (χ4n) is 3.49. The normalized spacial score (nSPS) is 15.3. The van der Waals surface area contributed by atoms with Gasteiger partial charge in [-0.3, -0.25) is 0 Å². The Hall–Kier alpha value is -1.58. The van der Waals surface area contributed by atoms with Crippen LogP contribution in [0, 0.1) is 0 Å². The van der Waals surface area contributed by atoms with Crippen LogP contribution in [0.15, 0.2) is 48.5 Å². The highest BCUT2D eigenvalue weighted by atomic mass is 28.3. The van der Waals surface area contributed by atoms with Gasteiger partial charge in [0, 0.05) is 18.8 Å². The lowest BCUT2D eigenvalue weighted by Crippen LogP contribution is -2.54. The molecule has 1 N–H and O–H groups in total. The Kier molecular flexibility index (Phi) is 4.36. The van der Waals surface area contributed by atoms with E-state index in [2.05, 4.69) is 54.4 Å². The Morgan fingerprint density at radius 2 is 1.59 bits per heavy atom. The van der Waals surface area contributed by atoms with Crippen LogP contribution >= 0.6 is 0 Å². The van der Waals surface area contributed by atoms with Gasteiger partial charge in [-0.2, -0.15) is 0 Å². The summed E-state index contributed by atoms with van der Waals surface area (Å²) in [7, 11) is -1.76. The Morgan fingerprint density at radius 1 is 0.955 bits per heavy atom. The van der Waals surface area contributed by atoms with Gasteiger partial charge in [0.25, 0.3) is 0 Å². The van der Waals surface area contributed by atoms with E-state index >= 15 is 0 Å². The third kappa shape index (κ3) is 2.83. The molecule has 2 nitrogen and oxygen atoms in total. The predicted octanol–water partition coefficient (Wildman–Crippen LogP) is 2.60. The summed E-state index contributed by atoms with van der Waals surface area (Å²) < 4.78 is 0. The molecule has 0 atom stereocenters. The van der Waals surface area contributed by atoms with Gasteiger partial charge in [0.15, 0.2) is 0 Å². The molecule has 22 heavy (non-hydrogen) atoms. The first-order valence-electron chi connectivity index (χ1n) is 8.17. The van der Waals surface area contributed by atoms with Crippen molar-refractivity contribution in [2.24, 2.45) is 0 Å². The summed E-state index contributed by atoms with van der Waals surface area (Å²) >= 11 is 0. The van der Waals surface area contributed by atoms with Crippen LogP contribution in [0.4, 0.5) is 5.69 Å². The van der Waals surface area contributed by atoms with Gasteiger partial charge in [0.2, 0.25) is 0 Å². The zero-order valence-corrected chi connectivity index (χ0v) is 14.5. The van der Waals surface area contributed by atoms with E-state index in [9.17, 15) is 5.11 Å². The quantitative estimate of drug-likeness (QED) is 0.878. The van der Waals surface area contributed by atoms with Crippen LogP contribution < -0.4 is 15.3 Å². The van der Waals surface area contributed by atoms with Crippen molar-refractivity contribution in [1.82, 2.24) is 0 Å². The van der Waals surface area contributed by atoms with Crippen molar-refractivity contribution in [2.45, 2.75) is 32.5 Å². The maximum atomic E-state index is 9.63. The van der Waals surface area contributed by atoms with Crippen LogP contribution in [0.5, 0.6) is 0 Å². The van der Waals surface area contributed by atoms with Crippen molar-refractivity contribution in [1.29, 1.82) is 0 Å². The van der Waals surface area contributed by atoms with E-state index in [1.165, 1.54) is 42.0 Å². The van der Waals surface area contributed by atoms with Crippen LogP contribution in [0.3, 0.4) is 0 Å². The highest BCUT2D eigenvalue weighted by molar-refractivity contribution is 7.00. The van der Waals surface area contributed by atoms with Gasteiger partial charge in [0.05, 0.1) is 6.61 Å². The average Bonchev–Trinajstić information content (AvgIpc) is 3.09. The topological polar surface area (TPSA) is 23.5 Å². The zero-order chi connectivity index (χ0) is 15.6. The fourth-order valence-corrected chi connectivity index (χ4v) is 6.28. The molecule has 1 aliphatic rings. The van der Waals surface area contributed by atoms with E-state index < -0.39 is 8.07 Å². The molecule has 0 unspecified atom stereocenters. The first kappa shape index (κ1) is 15.3. The first-order valence-corrected chi connectivity index (χ1v) is 11.2. The number of aliphatic hydroxyl groups excluding tert-OH is 1. The summed E-state index contributed by atoms with van der Waals surface area (Å²) in [6.07, 6.45) is 2.62. The number of nitrogens with zero attached hydrogens (tertiary/aromatic N) is 1. The Morgan fingerprint density at radius 3 is 2.23 bits per heavy atom. The number of benzene rings is 2. The SMILES string of the molecule is C[Si](C)(c1ccc(N2CCCC2)cc1)c1ccccc1CO. The van der Waals surface area contributed by atoms with Gasteiger partial charge in [-0.15, -0.1) is 0 Å². The maximum Gasteiger partial charge on any atom is 0.112 e. The lowest BCUT2D eigenvalue weighted by atomic mass is 10.2. The van der Waals surface area contributed by atoms with Crippen molar-refractivity contribution >= 4 is 24.1 Å². The fraction of sp³-hybridized carbons (Fsp3) is 0.368. The van der Waals surface area contributed by atoms with E-state index in [4.69, 9.17) is 0 Å². The van der Waals surface area contributed by atoms with Crippen LogP contribution in [-0.4, -0.2) is 26.3 Å². The second-order valence-corrected chi connectivity index (χ2v) is 11.0. The van der Waals surface area contributed by atoms with Gasteiger partial charge in [-0.1, -0.05) is 54.7 Å². The minimum atomic E-state index is -1.76. The Labute approximate surface area is 134 Å². The summed E-state index contributed by atoms with van der Waals surface area (Å²) in [5, 5.41) is 12.4. The van der Waals surface area contributed by atoms with Crippen molar-refractivity contribution in [3.63, 3.8) is 0 Å². The van der Waals surface area contributed by atoms with Crippen molar-refractivity contribution in [3.05, 3.63) is 54.1 Å². The molecule has 0 bridgehead atoms. The predicted molar refractivity (Wildman–Crippen MR) is 97.0 cm³/mol. The molecule has 2 aromatic carbocycles. The summed E-state index contributed by atoms with van der Waals surface area (Å²) in [6, 6.07) is 17.5. The van der Waals surface area contributed by atoms with Gasteiger partial charge in [-0.05, 0) is 35.7 Å². The van der Waals surface area contributed by atoms with Gasteiger partial charge < -0.3 is 10.0 Å². The van der Waals surface area contributed by atoms with E-state index in [0.717, 1.165) is 5.56 Å². The second-order valence-electron chi connectivity index (χ2n) is 6.68. The van der Waals surface area contributed by atoms with Gasteiger partial charge in [0.1, 0.15) is 8.07 Å². The minimum Gasteiger partial charge on any atom is -0.392 e. The smallest absolute Gasteiger partial charge is 0.112 e. The molecule has 0 aromatic heterocycles. The third-order valence-corrected chi connectivity index (χ3v) is 8.53. The summed E-state index contributed by atoms with van der Waals surface area (Å²) in [5.41, 5.74) is 2.42. The molecular weight excluding hydrogens is 286 g/mol. The summed E-state index contributed by atoms with van der Waals surface area (Å²) in [5.74, 6) is 0. The molecule has 0 radical (unpaired) electrons. The van der Waals surface area contributed by atoms with Crippen LogP contribution in [0.1, 0.15) is 18.4 Å². The molecule has 3 rings (SSSR count). The molecule has 1 fully saturated rings. The van der Waals surface area contributed by atoms with Crippen LogP contribution in [0.2, 0.25) is 13.1 Å². The third-order valence-electron chi connectivity index (χ3n) is 4.92. The van der Waals surface area contributed by atoms with Crippen molar-refractivity contribution in [2.75, 3.05) is 18.0 Å². The van der Waals surface area contributed by atoms with Gasteiger partial charge in [-0.25, -0.2) is 0 Å². The lowest BCUT2D eigenvalue weighted by Gasteiger charge is -2.27. The zero-order valence-electron chi connectivity index (χ0n) is 13.5. The van der Waals surface area contributed by atoms with Crippen molar-refractivity contribution in [3.8, 4) is 0 Å². The van der Waals surface area contributed by atoms with Crippen LogP contribution in [0.25, 0.3) is 0 Å². The number of hydrogen-bond acceptors (Lipinski definition) is 2. The number of anilines is 1. The van der Waals surface area contributed by atoms with Crippen LogP contribution in [-0.2, 0) is 6.61 Å². The van der Waals surface area contributed by atoms with E-state index in [1.807, 2.05) is 12.1 Å². The first-order chi connectivity index (χ1) is 10.6. The highest BCUT2D eigenvalue weighted by Crippen LogP contribution is 2.19. The van der Waals surface area contributed by atoms with E-state index in [1.54, 1.807) is 0 Å². The number of hydrogen-bond donors (Lipinski definition) is 1. The molecule has 0 aliphatic carbocycles. The number of rotatable bonds is 4. The molecule has 3 heteroatoms. The largest absolute Gasteiger partial charge is 0.392 e. The number of aliphatic hydroxyl groups is 1. The van der Waals surface area contributed by atoms with E-state index in [0.29, 0.717) is 0 Å². The van der Waals surface area contributed by atoms with E-state index in [-0.39, 0.29) is 6.61 Å². The monoisotopic (exact) mass is 311 g/mol. The Balaban J connectivity index is 1.91. The lowest BCUT2D eigenvalue weighted by molar-refractivity contribution is 0.283. The van der Waals surface area contributed by atoms with Gasteiger partial charge >= 0.3 is 0 Å². The molecule has 0 spiro atoms. The highest BCUT2D eigenvalue weighted by Gasteiger charge is 2.28. The molecule has 1 saturated heterocycles. The molecule has 2 aromatic rings. The standard InChI is InChI=1S/C19H25NOSi/c1-22(2,19-8-4-3-7-16(19)15-21)18-11-9-17(10-12-18)20-13-5-6-14-20/h3-4,7-12,21H,5-6,13-15H2,1-2H3. The molecule has 0 saturated carbocycles. The molecule has 1 heterocycles.